The zero-order valence-corrected chi connectivity index (χ0v) is 14.8. The van der Waals surface area contributed by atoms with Crippen LogP contribution in [0.3, 0.4) is 0 Å². The molecule has 0 bridgehead atoms. The summed E-state index contributed by atoms with van der Waals surface area (Å²) in [5, 5.41) is 9.18. The first-order chi connectivity index (χ1) is 12.2. The standard InChI is InChI=1S/C17H13ClN4O2S/c1-2-10-7-12-16(25-10)19-9-22(17(12)23)8-14-20-21-15(24-14)11-5-3-4-6-13(11)18/h3-7,9H,2,8H2,1H3. The highest BCUT2D eigenvalue weighted by molar-refractivity contribution is 7.18. The third kappa shape index (κ3) is 2.96. The fourth-order valence-corrected chi connectivity index (χ4v) is 3.65. The van der Waals surface area contributed by atoms with Crippen LogP contribution >= 0.6 is 22.9 Å². The highest BCUT2D eigenvalue weighted by atomic mass is 35.5. The largest absolute Gasteiger partial charge is 0.419 e. The third-order valence-corrected chi connectivity index (χ3v) is 5.31. The monoisotopic (exact) mass is 372 g/mol. The number of benzene rings is 1. The number of nitrogens with zero attached hydrogens (tertiary/aromatic N) is 4. The Morgan fingerprint density at radius 2 is 2.12 bits per heavy atom. The minimum Gasteiger partial charge on any atom is -0.419 e. The molecule has 0 amide bonds. The second-order valence-corrected chi connectivity index (χ2v) is 6.97. The molecule has 0 aliphatic heterocycles. The Morgan fingerprint density at radius 1 is 1.28 bits per heavy atom. The lowest BCUT2D eigenvalue weighted by atomic mass is 10.2. The smallest absolute Gasteiger partial charge is 0.262 e. The summed E-state index contributed by atoms with van der Waals surface area (Å²) in [7, 11) is 0. The molecule has 0 saturated heterocycles. The van der Waals surface area contributed by atoms with Crippen LogP contribution in [0.5, 0.6) is 0 Å². The molecule has 0 spiro atoms. The first-order valence-corrected chi connectivity index (χ1v) is 8.90. The van der Waals surface area contributed by atoms with E-state index in [0.717, 1.165) is 16.1 Å². The predicted molar refractivity (Wildman–Crippen MR) is 97.1 cm³/mol. The predicted octanol–water partition coefficient (Wildman–Crippen LogP) is 3.77. The van der Waals surface area contributed by atoms with Crippen molar-refractivity contribution in [2.75, 3.05) is 0 Å². The Morgan fingerprint density at radius 3 is 2.92 bits per heavy atom. The van der Waals surface area contributed by atoms with Crippen molar-refractivity contribution in [3.63, 3.8) is 0 Å². The van der Waals surface area contributed by atoms with E-state index in [1.807, 2.05) is 18.2 Å². The van der Waals surface area contributed by atoms with Gasteiger partial charge in [0.05, 0.1) is 22.3 Å². The van der Waals surface area contributed by atoms with E-state index in [4.69, 9.17) is 16.0 Å². The summed E-state index contributed by atoms with van der Waals surface area (Å²) >= 11 is 7.68. The maximum atomic E-state index is 12.6. The van der Waals surface area contributed by atoms with Gasteiger partial charge in [-0.25, -0.2) is 4.98 Å². The van der Waals surface area contributed by atoms with Gasteiger partial charge in [-0.15, -0.1) is 21.5 Å². The number of aryl methyl sites for hydroxylation is 1. The van der Waals surface area contributed by atoms with E-state index in [-0.39, 0.29) is 12.1 Å². The molecule has 3 aromatic heterocycles. The Labute approximate surface area is 151 Å². The van der Waals surface area contributed by atoms with Gasteiger partial charge in [-0.1, -0.05) is 30.7 Å². The van der Waals surface area contributed by atoms with Crippen molar-refractivity contribution >= 4 is 33.2 Å². The fourth-order valence-electron chi connectivity index (χ4n) is 2.50. The molecule has 0 aliphatic carbocycles. The number of hydrogen-bond donors (Lipinski definition) is 0. The number of halogens is 1. The summed E-state index contributed by atoms with van der Waals surface area (Å²) in [5.74, 6) is 0.649. The van der Waals surface area contributed by atoms with Crippen LogP contribution in [0.1, 0.15) is 17.7 Å². The van der Waals surface area contributed by atoms with Crippen molar-refractivity contribution in [1.29, 1.82) is 0 Å². The molecule has 0 unspecified atom stereocenters. The summed E-state index contributed by atoms with van der Waals surface area (Å²) in [6, 6.07) is 9.13. The van der Waals surface area contributed by atoms with Gasteiger partial charge in [-0.05, 0) is 24.6 Å². The van der Waals surface area contributed by atoms with E-state index in [0.29, 0.717) is 27.8 Å². The van der Waals surface area contributed by atoms with Crippen molar-refractivity contribution in [2.24, 2.45) is 0 Å². The number of rotatable bonds is 4. The second-order valence-electron chi connectivity index (χ2n) is 5.44. The van der Waals surface area contributed by atoms with Crippen LogP contribution in [0.25, 0.3) is 21.7 Å². The maximum absolute atomic E-state index is 12.6. The minimum atomic E-state index is -0.113. The number of thiophene rings is 1. The fraction of sp³-hybridized carbons (Fsp3) is 0.176. The van der Waals surface area contributed by atoms with Gasteiger partial charge < -0.3 is 4.42 Å². The van der Waals surface area contributed by atoms with Crippen molar-refractivity contribution in [3.8, 4) is 11.5 Å². The van der Waals surface area contributed by atoms with Crippen molar-refractivity contribution in [2.45, 2.75) is 19.9 Å². The number of aromatic nitrogens is 4. The van der Waals surface area contributed by atoms with Gasteiger partial charge in [-0.2, -0.15) is 0 Å². The van der Waals surface area contributed by atoms with Gasteiger partial charge in [0.25, 0.3) is 5.56 Å². The van der Waals surface area contributed by atoms with Crippen LogP contribution in [0.4, 0.5) is 0 Å². The van der Waals surface area contributed by atoms with Gasteiger partial charge in [0.2, 0.25) is 11.8 Å². The summed E-state index contributed by atoms with van der Waals surface area (Å²) in [6.07, 6.45) is 2.39. The topological polar surface area (TPSA) is 73.8 Å². The second kappa shape index (κ2) is 6.42. The molecular formula is C17H13ClN4O2S. The molecule has 3 heterocycles. The van der Waals surface area contributed by atoms with Crippen LogP contribution in [0, 0.1) is 0 Å². The van der Waals surface area contributed by atoms with Crippen LogP contribution in [-0.4, -0.2) is 19.7 Å². The lowest BCUT2D eigenvalue weighted by molar-refractivity contribution is 0.483. The number of hydrogen-bond acceptors (Lipinski definition) is 6. The number of fused-ring (bicyclic) bond motifs is 1. The highest BCUT2D eigenvalue weighted by Crippen LogP contribution is 2.26. The van der Waals surface area contributed by atoms with E-state index in [1.165, 1.54) is 22.2 Å². The van der Waals surface area contributed by atoms with E-state index in [1.54, 1.807) is 12.1 Å². The van der Waals surface area contributed by atoms with E-state index in [2.05, 4.69) is 22.1 Å². The van der Waals surface area contributed by atoms with Gasteiger partial charge in [-0.3, -0.25) is 9.36 Å². The van der Waals surface area contributed by atoms with Crippen LogP contribution in [0.15, 0.2) is 45.9 Å². The molecule has 0 atom stereocenters. The molecule has 0 aliphatic rings. The Bertz CT molecular complexity index is 1120. The average Bonchev–Trinajstić information content (AvgIpc) is 3.25. The van der Waals surface area contributed by atoms with Crippen LogP contribution in [0.2, 0.25) is 5.02 Å². The SMILES string of the molecule is CCc1cc2c(=O)n(Cc3nnc(-c4ccccc4Cl)o3)cnc2s1. The summed E-state index contributed by atoms with van der Waals surface area (Å²) < 4.78 is 7.13. The van der Waals surface area contributed by atoms with E-state index >= 15 is 0 Å². The van der Waals surface area contributed by atoms with Gasteiger partial charge >= 0.3 is 0 Å². The lowest BCUT2D eigenvalue weighted by Crippen LogP contribution is -2.20. The zero-order chi connectivity index (χ0) is 17.4. The van der Waals surface area contributed by atoms with Crippen LogP contribution in [-0.2, 0) is 13.0 Å². The molecule has 25 heavy (non-hydrogen) atoms. The molecule has 4 aromatic rings. The lowest BCUT2D eigenvalue weighted by Gasteiger charge is -2.01. The Balaban J connectivity index is 1.67. The van der Waals surface area contributed by atoms with Crippen molar-refractivity contribution < 1.29 is 4.42 Å². The van der Waals surface area contributed by atoms with E-state index < -0.39 is 0 Å². The summed E-state index contributed by atoms with van der Waals surface area (Å²) in [6.45, 7) is 2.22. The zero-order valence-electron chi connectivity index (χ0n) is 13.3. The molecular weight excluding hydrogens is 360 g/mol. The van der Waals surface area contributed by atoms with Gasteiger partial charge in [0.1, 0.15) is 11.4 Å². The summed E-state index contributed by atoms with van der Waals surface area (Å²) in [4.78, 5) is 18.9. The molecule has 4 rings (SSSR count). The quantitative estimate of drug-likeness (QED) is 0.545. The van der Waals surface area contributed by atoms with Crippen LogP contribution < -0.4 is 5.56 Å². The van der Waals surface area contributed by atoms with Crippen molar-refractivity contribution in [1.82, 2.24) is 19.7 Å². The molecule has 8 heteroatoms. The van der Waals surface area contributed by atoms with E-state index in [9.17, 15) is 4.79 Å². The molecule has 1 aromatic carbocycles. The normalized spacial score (nSPS) is 11.3. The Kier molecular flexibility index (Phi) is 4.10. The first-order valence-electron chi connectivity index (χ1n) is 7.71. The highest BCUT2D eigenvalue weighted by Gasteiger charge is 2.14. The Hall–Kier alpha value is -2.51. The molecule has 0 fully saturated rings. The summed E-state index contributed by atoms with van der Waals surface area (Å²) in [5.41, 5.74) is 0.549. The molecule has 6 nitrogen and oxygen atoms in total. The molecule has 0 N–H and O–H groups in total. The average molecular weight is 373 g/mol. The van der Waals surface area contributed by atoms with Crippen molar-refractivity contribution in [3.05, 3.63) is 62.8 Å². The first kappa shape index (κ1) is 16.0. The minimum absolute atomic E-state index is 0.113. The third-order valence-electron chi connectivity index (χ3n) is 3.79. The molecule has 126 valence electrons. The molecule has 0 saturated carbocycles. The van der Waals surface area contributed by atoms with Gasteiger partial charge in [0.15, 0.2) is 0 Å². The molecule has 0 radical (unpaired) electrons. The maximum Gasteiger partial charge on any atom is 0.262 e. The van der Waals surface area contributed by atoms with Gasteiger partial charge in [0, 0.05) is 4.88 Å².